The van der Waals surface area contributed by atoms with E-state index >= 15 is 0 Å². The Morgan fingerprint density at radius 2 is 1.75 bits per heavy atom. The third kappa shape index (κ3) is 2.93. The lowest BCUT2D eigenvalue weighted by molar-refractivity contribution is -0.0499. The highest BCUT2D eigenvalue weighted by atomic mass is 32.2. The number of rotatable bonds is 3. The average molecular weight is 300 g/mol. The minimum absolute atomic E-state index is 0.137. The molecule has 5 heteroatoms. The molecule has 20 heavy (non-hydrogen) atoms. The van der Waals surface area contributed by atoms with Crippen LogP contribution in [0.25, 0.3) is 0 Å². The first-order valence-corrected chi connectivity index (χ1v) is 7.93. The Kier molecular flexibility index (Phi) is 3.91. The Morgan fingerprint density at radius 3 is 2.30 bits per heavy atom. The van der Waals surface area contributed by atoms with Gasteiger partial charge in [0.05, 0.1) is 5.60 Å². The van der Waals surface area contributed by atoms with E-state index < -0.39 is 12.2 Å². The number of fused-ring (bicyclic) bond motifs is 2. The van der Waals surface area contributed by atoms with Gasteiger partial charge in [-0.3, -0.25) is 0 Å². The molecular formula is C15H18F2O2S. The molecule has 2 nitrogen and oxygen atoms in total. The van der Waals surface area contributed by atoms with E-state index in [-0.39, 0.29) is 5.75 Å². The lowest BCUT2D eigenvalue weighted by Crippen LogP contribution is -2.40. The molecule has 0 radical (unpaired) electrons. The summed E-state index contributed by atoms with van der Waals surface area (Å²) in [4.78, 5) is 0. The minimum atomic E-state index is -2.81. The van der Waals surface area contributed by atoms with Gasteiger partial charge in [-0.15, -0.1) is 0 Å². The van der Waals surface area contributed by atoms with E-state index in [2.05, 4.69) is 4.74 Å². The number of alkyl halides is 2. The Balaban J connectivity index is 1.77. The zero-order chi connectivity index (χ0) is 14.2. The fourth-order valence-electron chi connectivity index (χ4n) is 3.30. The smallest absolute Gasteiger partial charge is 0.387 e. The van der Waals surface area contributed by atoms with Crippen LogP contribution < -0.4 is 4.74 Å². The lowest BCUT2D eigenvalue weighted by Gasteiger charge is -2.44. The molecule has 0 aliphatic carbocycles. The van der Waals surface area contributed by atoms with Crippen molar-refractivity contribution >= 4 is 11.8 Å². The molecule has 2 fully saturated rings. The van der Waals surface area contributed by atoms with E-state index in [1.54, 1.807) is 12.1 Å². The normalized spacial score (nSPS) is 33.2. The third-order valence-electron chi connectivity index (χ3n) is 4.18. The maximum Gasteiger partial charge on any atom is 0.387 e. The van der Waals surface area contributed by atoms with E-state index in [1.807, 2.05) is 11.8 Å². The molecule has 2 heterocycles. The number of ether oxygens (including phenoxy) is 1. The summed E-state index contributed by atoms with van der Waals surface area (Å²) in [5, 5.41) is 12.0. The number of hydrogen-bond donors (Lipinski definition) is 1. The summed E-state index contributed by atoms with van der Waals surface area (Å²) in [7, 11) is 0. The Hall–Kier alpha value is -0.810. The molecule has 2 saturated heterocycles. The highest BCUT2D eigenvalue weighted by Crippen LogP contribution is 2.49. The first kappa shape index (κ1) is 14.1. The summed E-state index contributed by atoms with van der Waals surface area (Å²) in [5.74, 6) is 0.137. The van der Waals surface area contributed by atoms with E-state index in [0.717, 1.165) is 31.2 Å². The summed E-state index contributed by atoms with van der Waals surface area (Å²) < 4.78 is 28.6. The van der Waals surface area contributed by atoms with Crippen LogP contribution in [0.3, 0.4) is 0 Å². The highest BCUT2D eigenvalue weighted by molar-refractivity contribution is 8.00. The molecule has 0 amide bonds. The maximum absolute atomic E-state index is 12.1. The van der Waals surface area contributed by atoms with Gasteiger partial charge >= 0.3 is 6.61 Å². The molecule has 0 aromatic heterocycles. The molecule has 2 unspecified atom stereocenters. The van der Waals surface area contributed by atoms with Gasteiger partial charge < -0.3 is 9.84 Å². The molecule has 2 aliphatic rings. The molecule has 0 saturated carbocycles. The van der Waals surface area contributed by atoms with Crippen molar-refractivity contribution in [2.24, 2.45) is 0 Å². The van der Waals surface area contributed by atoms with Gasteiger partial charge in [0.2, 0.25) is 0 Å². The minimum Gasteiger partial charge on any atom is -0.435 e. The van der Waals surface area contributed by atoms with Gasteiger partial charge in [-0.2, -0.15) is 20.5 Å². The molecule has 3 rings (SSSR count). The van der Waals surface area contributed by atoms with Crippen LogP contribution >= 0.6 is 11.8 Å². The van der Waals surface area contributed by atoms with E-state index in [9.17, 15) is 13.9 Å². The second-order valence-electron chi connectivity index (χ2n) is 5.65. The van der Waals surface area contributed by atoms with Crippen LogP contribution in [0.2, 0.25) is 0 Å². The first-order valence-electron chi connectivity index (χ1n) is 6.98. The standard InChI is InChI=1S/C15H18F2O2S/c16-14(17)19-11-6-4-10(5-7-11)15(18)8-12-2-1-3-13(9-15)20-12/h4-7,12-14,18H,1-3,8-9H2. The van der Waals surface area contributed by atoms with Crippen LogP contribution in [-0.4, -0.2) is 22.2 Å². The molecule has 2 bridgehead atoms. The van der Waals surface area contributed by atoms with E-state index in [4.69, 9.17) is 0 Å². The predicted octanol–water partition coefficient (Wildman–Crippen LogP) is 3.92. The zero-order valence-corrected chi connectivity index (χ0v) is 11.9. The quantitative estimate of drug-likeness (QED) is 0.917. The Bertz CT molecular complexity index is 451. The van der Waals surface area contributed by atoms with Crippen molar-refractivity contribution in [3.05, 3.63) is 29.8 Å². The van der Waals surface area contributed by atoms with Crippen molar-refractivity contribution in [2.45, 2.75) is 54.8 Å². The van der Waals surface area contributed by atoms with Crippen LogP contribution in [0.15, 0.2) is 24.3 Å². The molecule has 0 spiro atoms. The Morgan fingerprint density at radius 1 is 1.15 bits per heavy atom. The molecule has 1 N–H and O–H groups in total. The molecule has 2 atom stereocenters. The van der Waals surface area contributed by atoms with Crippen molar-refractivity contribution in [3.8, 4) is 5.75 Å². The fourth-order valence-corrected chi connectivity index (χ4v) is 5.19. The summed E-state index contributed by atoms with van der Waals surface area (Å²) in [6.07, 6.45) is 5.08. The number of benzene rings is 1. The van der Waals surface area contributed by atoms with Crippen LogP contribution in [0.5, 0.6) is 5.75 Å². The molecular weight excluding hydrogens is 282 g/mol. The molecule has 1 aromatic rings. The van der Waals surface area contributed by atoms with Gasteiger partial charge in [-0.05, 0) is 43.4 Å². The van der Waals surface area contributed by atoms with Crippen LogP contribution in [0.1, 0.15) is 37.7 Å². The third-order valence-corrected chi connectivity index (χ3v) is 5.76. The summed E-state index contributed by atoms with van der Waals surface area (Å²) in [6.45, 7) is -2.81. The SMILES string of the molecule is OC1(c2ccc(OC(F)F)cc2)CC2CCCC(C1)S2. The van der Waals surface area contributed by atoms with Crippen LogP contribution in [-0.2, 0) is 5.60 Å². The summed E-state index contributed by atoms with van der Waals surface area (Å²) >= 11 is 2.00. The van der Waals surface area contributed by atoms with Crippen molar-refractivity contribution in [2.75, 3.05) is 0 Å². The monoisotopic (exact) mass is 300 g/mol. The number of halogens is 2. The number of hydrogen-bond acceptors (Lipinski definition) is 3. The van der Waals surface area contributed by atoms with Gasteiger partial charge in [0.15, 0.2) is 0 Å². The largest absolute Gasteiger partial charge is 0.435 e. The fraction of sp³-hybridized carbons (Fsp3) is 0.600. The summed E-state index contributed by atoms with van der Waals surface area (Å²) in [5.41, 5.74) is 0.000919. The van der Waals surface area contributed by atoms with Gasteiger partial charge in [0, 0.05) is 10.5 Å². The van der Waals surface area contributed by atoms with Crippen LogP contribution in [0, 0.1) is 0 Å². The Labute approximate surface area is 121 Å². The molecule has 110 valence electrons. The van der Waals surface area contributed by atoms with Crippen molar-refractivity contribution in [1.82, 2.24) is 0 Å². The van der Waals surface area contributed by atoms with Crippen LogP contribution in [0.4, 0.5) is 8.78 Å². The van der Waals surface area contributed by atoms with Gasteiger partial charge in [0.25, 0.3) is 0 Å². The van der Waals surface area contributed by atoms with E-state index in [1.165, 1.54) is 18.6 Å². The lowest BCUT2D eigenvalue weighted by atomic mass is 9.80. The van der Waals surface area contributed by atoms with E-state index in [0.29, 0.717) is 10.5 Å². The average Bonchev–Trinajstić information content (AvgIpc) is 2.38. The second-order valence-corrected chi connectivity index (χ2v) is 7.26. The predicted molar refractivity (Wildman–Crippen MR) is 75.2 cm³/mol. The number of thioether (sulfide) groups is 1. The van der Waals surface area contributed by atoms with Crippen molar-refractivity contribution < 1.29 is 18.6 Å². The number of aliphatic hydroxyl groups is 1. The molecule has 2 aliphatic heterocycles. The van der Waals surface area contributed by atoms with Gasteiger partial charge in [-0.25, -0.2) is 0 Å². The maximum atomic E-state index is 12.1. The molecule has 1 aromatic carbocycles. The first-order chi connectivity index (χ1) is 9.55. The van der Waals surface area contributed by atoms with Gasteiger partial charge in [0.1, 0.15) is 5.75 Å². The van der Waals surface area contributed by atoms with Crippen molar-refractivity contribution in [1.29, 1.82) is 0 Å². The zero-order valence-electron chi connectivity index (χ0n) is 11.1. The van der Waals surface area contributed by atoms with Crippen molar-refractivity contribution in [3.63, 3.8) is 0 Å². The summed E-state index contributed by atoms with van der Waals surface area (Å²) in [6, 6.07) is 6.45. The second kappa shape index (κ2) is 5.53. The highest BCUT2D eigenvalue weighted by Gasteiger charge is 2.42. The van der Waals surface area contributed by atoms with Gasteiger partial charge in [-0.1, -0.05) is 18.6 Å². The topological polar surface area (TPSA) is 29.5 Å².